The highest BCUT2D eigenvalue weighted by molar-refractivity contribution is 5.81. The van der Waals surface area contributed by atoms with Crippen LogP contribution in [0.4, 0.5) is 0 Å². The molecule has 2 bridgehead atoms. The van der Waals surface area contributed by atoms with E-state index in [0.29, 0.717) is 24.2 Å². The molecule has 0 radical (unpaired) electrons. The van der Waals surface area contributed by atoms with Crippen LogP contribution in [0.2, 0.25) is 0 Å². The van der Waals surface area contributed by atoms with Gasteiger partial charge >= 0.3 is 0 Å². The van der Waals surface area contributed by atoms with Gasteiger partial charge in [0.15, 0.2) is 5.82 Å². The molecule has 158 valence electrons. The molecule has 3 fully saturated rings. The number of carbonyl (C=O) groups is 1. The minimum atomic E-state index is -0.406. The van der Waals surface area contributed by atoms with Crippen LogP contribution < -0.4 is 5.56 Å². The second-order valence-electron chi connectivity index (χ2n) is 9.53. The highest BCUT2D eigenvalue weighted by atomic mass is 16.5. The Morgan fingerprint density at radius 2 is 1.93 bits per heavy atom. The molecule has 0 aromatic carbocycles. The molecule has 0 spiro atoms. The lowest BCUT2D eigenvalue weighted by Gasteiger charge is -2.46. The van der Waals surface area contributed by atoms with Crippen LogP contribution in [-0.4, -0.2) is 56.6 Å². The molecule has 30 heavy (non-hydrogen) atoms. The number of fused-ring (bicyclic) bond motifs is 5. The molecule has 6 rings (SSSR count). The summed E-state index contributed by atoms with van der Waals surface area (Å²) in [6, 6.07) is 5.05. The fourth-order valence-electron chi connectivity index (χ4n) is 6.54. The Hall–Kier alpha value is -2.48. The maximum Gasteiger partial charge on any atom is 0.251 e. The third-order valence-electron chi connectivity index (χ3n) is 7.79. The molecule has 1 aliphatic carbocycles. The van der Waals surface area contributed by atoms with E-state index in [2.05, 4.69) is 19.9 Å². The van der Waals surface area contributed by atoms with Crippen molar-refractivity contribution in [3.8, 4) is 0 Å². The number of aromatic nitrogens is 3. The Labute approximate surface area is 174 Å². The van der Waals surface area contributed by atoms with Gasteiger partial charge in [-0.3, -0.25) is 19.1 Å². The molecule has 2 aromatic rings. The van der Waals surface area contributed by atoms with E-state index in [1.54, 1.807) is 6.07 Å². The maximum atomic E-state index is 13.8. The van der Waals surface area contributed by atoms with Gasteiger partial charge in [-0.2, -0.15) is 4.98 Å². The van der Waals surface area contributed by atoms with Gasteiger partial charge in [-0.15, -0.1) is 0 Å². The van der Waals surface area contributed by atoms with E-state index < -0.39 is 6.04 Å². The van der Waals surface area contributed by atoms with Crippen LogP contribution in [0.25, 0.3) is 0 Å². The first-order valence-electron chi connectivity index (χ1n) is 11.1. The average molecular weight is 409 g/mol. The molecule has 5 atom stereocenters. The fraction of sp³-hybridized carbons (Fsp3) is 0.636. The Morgan fingerprint density at radius 1 is 1.10 bits per heavy atom. The van der Waals surface area contributed by atoms with Crippen LogP contribution in [0.5, 0.6) is 0 Å². The summed E-state index contributed by atoms with van der Waals surface area (Å²) >= 11 is 0. The molecule has 1 amide bonds. The molecule has 8 nitrogen and oxygen atoms in total. The fourth-order valence-corrected chi connectivity index (χ4v) is 6.54. The summed E-state index contributed by atoms with van der Waals surface area (Å²) in [6.45, 7) is 3.93. The molecule has 2 saturated heterocycles. The minimum absolute atomic E-state index is 0.0495. The zero-order chi connectivity index (χ0) is 20.2. The zero-order valence-electron chi connectivity index (χ0n) is 17.0. The summed E-state index contributed by atoms with van der Waals surface area (Å²) in [5.74, 6) is 2.47. The number of pyridine rings is 1. The predicted octanol–water partition coefficient (Wildman–Crippen LogP) is 1.65. The second-order valence-corrected chi connectivity index (χ2v) is 9.53. The predicted molar refractivity (Wildman–Crippen MR) is 108 cm³/mol. The van der Waals surface area contributed by atoms with Gasteiger partial charge in [0.1, 0.15) is 6.04 Å². The lowest BCUT2D eigenvalue weighted by Crippen LogP contribution is -2.53. The quantitative estimate of drug-likeness (QED) is 0.766. The lowest BCUT2D eigenvalue weighted by atomic mass is 9.78. The van der Waals surface area contributed by atoms with E-state index in [1.165, 1.54) is 25.7 Å². The number of carbonyl (C=O) groups excluding carboxylic acids is 1. The summed E-state index contributed by atoms with van der Waals surface area (Å²) in [4.78, 5) is 35.2. The first kappa shape index (κ1) is 18.3. The SMILES string of the molecule is O=C([C@H]1[C@H]2C[C@H](CN(Cc3ncon3)C2)c2cccc(=O)n21)N1C[C@H]2CCC[C@H]2C1. The molecular formula is C22H27N5O3. The molecule has 0 N–H and O–H groups in total. The van der Waals surface area contributed by atoms with Gasteiger partial charge in [-0.05, 0) is 37.2 Å². The third kappa shape index (κ3) is 2.92. The van der Waals surface area contributed by atoms with Gasteiger partial charge in [0, 0.05) is 49.8 Å². The number of hydrogen-bond donors (Lipinski definition) is 0. The molecule has 0 unspecified atom stereocenters. The first-order valence-corrected chi connectivity index (χ1v) is 11.1. The summed E-state index contributed by atoms with van der Waals surface area (Å²) in [5, 5.41) is 3.95. The van der Waals surface area contributed by atoms with Crippen LogP contribution in [0.15, 0.2) is 33.9 Å². The highest BCUT2D eigenvalue weighted by Crippen LogP contribution is 2.44. The highest BCUT2D eigenvalue weighted by Gasteiger charge is 2.47. The van der Waals surface area contributed by atoms with E-state index in [4.69, 9.17) is 4.52 Å². The number of hydrogen-bond acceptors (Lipinski definition) is 6. The van der Waals surface area contributed by atoms with Crippen molar-refractivity contribution in [1.29, 1.82) is 0 Å². The number of piperidine rings is 1. The van der Waals surface area contributed by atoms with E-state index in [9.17, 15) is 9.59 Å². The molecular weight excluding hydrogens is 382 g/mol. The normalized spacial score (nSPS) is 32.8. The largest absolute Gasteiger partial charge is 0.343 e. The van der Waals surface area contributed by atoms with Crippen molar-refractivity contribution in [3.05, 3.63) is 46.5 Å². The summed E-state index contributed by atoms with van der Waals surface area (Å²) in [5.41, 5.74) is 0.945. The van der Waals surface area contributed by atoms with E-state index in [1.807, 2.05) is 16.7 Å². The van der Waals surface area contributed by atoms with Gasteiger partial charge in [-0.25, -0.2) is 0 Å². The summed E-state index contributed by atoms with van der Waals surface area (Å²) < 4.78 is 6.71. The van der Waals surface area contributed by atoms with Gasteiger partial charge in [0.25, 0.3) is 5.56 Å². The van der Waals surface area contributed by atoms with Crippen LogP contribution in [0.3, 0.4) is 0 Å². The van der Waals surface area contributed by atoms with Crippen molar-refractivity contribution < 1.29 is 9.32 Å². The van der Waals surface area contributed by atoms with E-state index >= 15 is 0 Å². The van der Waals surface area contributed by atoms with Gasteiger partial charge in [0.05, 0.1) is 6.54 Å². The summed E-state index contributed by atoms with van der Waals surface area (Å²) in [6.07, 6.45) is 6.06. The van der Waals surface area contributed by atoms with Crippen LogP contribution in [0, 0.1) is 17.8 Å². The van der Waals surface area contributed by atoms with E-state index in [0.717, 1.165) is 38.3 Å². The van der Waals surface area contributed by atoms with Gasteiger partial charge < -0.3 is 9.42 Å². The number of nitrogens with zero attached hydrogens (tertiary/aromatic N) is 5. The topological polar surface area (TPSA) is 84.5 Å². The van der Waals surface area contributed by atoms with Crippen molar-refractivity contribution in [1.82, 2.24) is 24.5 Å². The van der Waals surface area contributed by atoms with Crippen molar-refractivity contribution in [2.75, 3.05) is 26.2 Å². The monoisotopic (exact) mass is 409 g/mol. The van der Waals surface area contributed by atoms with E-state index in [-0.39, 0.29) is 23.3 Å². The molecule has 1 saturated carbocycles. The standard InChI is InChI=1S/C22H27N5O3/c28-20-6-2-5-18-16-7-17(9-25(8-16)12-19-23-13-30-24-19)21(27(18)20)22(29)26-10-14-3-1-4-15(14)11-26/h2,5-6,13-17,21H,1,3-4,7-12H2/t14-,15+,16-,17+,21-/m1/s1. The summed E-state index contributed by atoms with van der Waals surface area (Å²) in [7, 11) is 0. The lowest BCUT2D eigenvalue weighted by molar-refractivity contribution is -0.137. The zero-order valence-corrected chi connectivity index (χ0v) is 17.0. The number of likely N-dealkylation sites (tertiary alicyclic amines) is 2. The molecule has 5 heterocycles. The third-order valence-corrected chi connectivity index (χ3v) is 7.79. The van der Waals surface area contributed by atoms with Crippen molar-refractivity contribution in [2.24, 2.45) is 17.8 Å². The minimum Gasteiger partial charge on any atom is -0.343 e. The van der Waals surface area contributed by atoms with Crippen LogP contribution >= 0.6 is 0 Å². The van der Waals surface area contributed by atoms with Crippen molar-refractivity contribution in [3.63, 3.8) is 0 Å². The Bertz CT molecular complexity index is 990. The van der Waals surface area contributed by atoms with Crippen LogP contribution in [-0.2, 0) is 11.3 Å². The Morgan fingerprint density at radius 3 is 2.70 bits per heavy atom. The van der Waals surface area contributed by atoms with Crippen molar-refractivity contribution in [2.45, 2.75) is 44.2 Å². The maximum absolute atomic E-state index is 13.8. The van der Waals surface area contributed by atoms with Crippen molar-refractivity contribution >= 4 is 5.91 Å². The van der Waals surface area contributed by atoms with Gasteiger partial charge in [0.2, 0.25) is 12.3 Å². The Balaban J connectivity index is 1.33. The number of amides is 1. The smallest absolute Gasteiger partial charge is 0.251 e. The average Bonchev–Trinajstić information content (AvgIpc) is 3.46. The Kier molecular flexibility index (Phi) is 4.30. The molecule has 3 aliphatic heterocycles. The second kappa shape index (κ2) is 7.04. The molecule has 2 aromatic heterocycles. The molecule has 8 heteroatoms. The number of rotatable bonds is 3. The van der Waals surface area contributed by atoms with Gasteiger partial charge in [-0.1, -0.05) is 17.6 Å². The molecule has 4 aliphatic rings. The first-order chi connectivity index (χ1) is 14.7. The van der Waals surface area contributed by atoms with Crippen LogP contribution in [0.1, 0.15) is 49.2 Å².